The van der Waals surface area contributed by atoms with Crippen LogP contribution in [0.4, 0.5) is 17.1 Å². The quantitative estimate of drug-likeness (QED) is 0.176. The molecule has 0 fully saturated rings. The van der Waals surface area contributed by atoms with Crippen molar-refractivity contribution in [2.45, 2.75) is 0 Å². The van der Waals surface area contributed by atoms with Gasteiger partial charge in [0.15, 0.2) is 0 Å². The van der Waals surface area contributed by atoms with Crippen molar-refractivity contribution < 1.29 is 4.42 Å². The second kappa shape index (κ2) is 12.5. The molecule has 10 aromatic rings. The normalized spacial score (nSPS) is 11.5. The van der Waals surface area contributed by atoms with E-state index in [2.05, 4.69) is 205 Å². The first-order valence-electron chi connectivity index (χ1n) is 17.8. The number of nitrogens with zero attached hydrogens (tertiary/aromatic N) is 1. The van der Waals surface area contributed by atoms with Crippen molar-refractivity contribution in [2.24, 2.45) is 0 Å². The highest BCUT2D eigenvalue weighted by Crippen LogP contribution is 2.47. The molecule has 0 bridgehead atoms. The largest absolute Gasteiger partial charge is 0.455 e. The Labute approximate surface area is 302 Å². The summed E-state index contributed by atoms with van der Waals surface area (Å²) in [6, 6.07) is 71.6. The summed E-state index contributed by atoms with van der Waals surface area (Å²) in [4.78, 5) is 2.40. The minimum absolute atomic E-state index is 0.893. The monoisotopic (exact) mass is 663 g/mol. The van der Waals surface area contributed by atoms with Crippen LogP contribution in [0.5, 0.6) is 0 Å². The fourth-order valence-corrected chi connectivity index (χ4v) is 7.84. The minimum Gasteiger partial charge on any atom is -0.455 e. The van der Waals surface area contributed by atoms with Gasteiger partial charge in [0.05, 0.1) is 11.4 Å². The molecule has 244 valence electrons. The number of rotatable bonds is 6. The summed E-state index contributed by atoms with van der Waals surface area (Å²) >= 11 is 0. The summed E-state index contributed by atoms with van der Waals surface area (Å²) < 4.78 is 6.87. The molecule has 0 spiro atoms. The van der Waals surface area contributed by atoms with Crippen molar-refractivity contribution >= 4 is 60.5 Å². The maximum Gasteiger partial charge on any atom is 0.143 e. The van der Waals surface area contributed by atoms with Gasteiger partial charge >= 0.3 is 0 Å². The van der Waals surface area contributed by atoms with Crippen molar-refractivity contribution in [3.63, 3.8) is 0 Å². The van der Waals surface area contributed by atoms with Crippen LogP contribution < -0.4 is 4.90 Å². The Bertz CT molecular complexity index is 2900. The van der Waals surface area contributed by atoms with Gasteiger partial charge in [-0.05, 0) is 63.2 Å². The number of fused-ring (bicyclic) bond motifs is 6. The van der Waals surface area contributed by atoms with E-state index in [0.29, 0.717) is 0 Å². The van der Waals surface area contributed by atoms with Crippen molar-refractivity contribution in [1.82, 2.24) is 0 Å². The Morgan fingerprint density at radius 3 is 1.62 bits per heavy atom. The molecule has 0 unspecified atom stereocenters. The van der Waals surface area contributed by atoms with Crippen molar-refractivity contribution in [3.8, 4) is 33.4 Å². The molecule has 2 heteroatoms. The van der Waals surface area contributed by atoms with Crippen LogP contribution in [0.15, 0.2) is 205 Å². The fraction of sp³-hybridized carbons (Fsp3) is 0. The van der Waals surface area contributed by atoms with Crippen LogP contribution in [0.3, 0.4) is 0 Å². The van der Waals surface area contributed by atoms with Crippen LogP contribution in [-0.2, 0) is 0 Å². The number of para-hydroxylation sites is 3. The first kappa shape index (κ1) is 30.0. The van der Waals surface area contributed by atoms with Crippen LogP contribution in [0.2, 0.25) is 0 Å². The molecule has 1 aromatic heterocycles. The molecule has 0 aliphatic rings. The van der Waals surface area contributed by atoms with Gasteiger partial charge < -0.3 is 9.32 Å². The van der Waals surface area contributed by atoms with Crippen molar-refractivity contribution in [2.75, 3.05) is 4.90 Å². The second-order valence-electron chi connectivity index (χ2n) is 13.3. The van der Waals surface area contributed by atoms with E-state index in [4.69, 9.17) is 4.42 Å². The number of hydrogen-bond acceptors (Lipinski definition) is 2. The zero-order chi connectivity index (χ0) is 34.4. The molecule has 0 N–H and O–H groups in total. The van der Waals surface area contributed by atoms with E-state index in [9.17, 15) is 0 Å². The van der Waals surface area contributed by atoms with E-state index < -0.39 is 0 Å². The van der Waals surface area contributed by atoms with Gasteiger partial charge in [-0.3, -0.25) is 0 Å². The van der Waals surface area contributed by atoms with Gasteiger partial charge in [0.2, 0.25) is 0 Å². The second-order valence-corrected chi connectivity index (χ2v) is 13.3. The van der Waals surface area contributed by atoms with E-state index in [1.807, 2.05) is 0 Å². The molecular weight excluding hydrogens is 631 g/mol. The minimum atomic E-state index is 0.893. The predicted octanol–water partition coefficient (Wildman–Crippen LogP) is 14.4. The highest BCUT2D eigenvalue weighted by atomic mass is 16.3. The SMILES string of the molecule is c1ccc(-c2ccccc2N(c2ccc(-c3cccc4ccccc34)cc2)c2ccccc2-c2cccc3c2oc2c4ccccc4ccc32)cc1. The lowest BCUT2D eigenvalue weighted by atomic mass is 9.96. The first-order valence-corrected chi connectivity index (χ1v) is 17.8. The summed E-state index contributed by atoms with van der Waals surface area (Å²) in [6.07, 6.45) is 0. The molecule has 52 heavy (non-hydrogen) atoms. The molecule has 0 aliphatic heterocycles. The molecule has 10 rings (SSSR count). The average Bonchev–Trinajstić information content (AvgIpc) is 3.62. The Kier molecular flexibility index (Phi) is 7.18. The van der Waals surface area contributed by atoms with E-state index in [-0.39, 0.29) is 0 Å². The van der Waals surface area contributed by atoms with Gasteiger partial charge in [-0.25, -0.2) is 0 Å². The van der Waals surface area contributed by atoms with E-state index in [0.717, 1.165) is 61.1 Å². The molecule has 2 nitrogen and oxygen atoms in total. The Hall–Kier alpha value is -6.90. The number of hydrogen-bond donors (Lipinski definition) is 0. The highest BCUT2D eigenvalue weighted by molar-refractivity contribution is 6.17. The molecule has 9 aromatic carbocycles. The maximum absolute atomic E-state index is 6.87. The number of benzene rings is 9. The maximum atomic E-state index is 6.87. The summed E-state index contributed by atoms with van der Waals surface area (Å²) in [5.74, 6) is 0. The molecule has 0 saturated carbocycles. The highest BCUT2D eigenvalue weighted by Gasteiger charge is 2.23. The van der Waals surface area contributed by atoms with E-state index >= 15 is 0 Å². The van der Waals surface area contributed by atoms with Crippen LogP contribution in [0, 0.1) is 0 Å². The van der Waals surface area contributed by atoms with Crippen molar-refractivity contribution in [3.05, 3.63) is 200 Å². The third-order valence-corrected chi connectivity index (χ3v) is 10.3. The standard InChI is InChI=1S/C50H33NO/c1-2-14-35(15-3-1)41-20-8-10-26-47(41)51(38-31-28-37(29-32-38)40-23-12-18-34-16-4-6-19-39(34)40)48-27-11-9-22-43(48)44-24-13-25-45-46-33-30-36-17-5-7-21-42(36)49(46)52-50(44)45/h1-33H. The van der Waals surface area contributed by atoms with Gasteiger partial charge in [0.1, 0.15) is 11.2 Å². The molecule has 0 atom stereocenters. The summed E-state index contributed by atoms with van der Waals surface area (Å²) in [6.45, 7) is 0. The van der Waals surface area contributed by atoms with Gasteiger partial charge in [-0.2, -0.15) is 0 Å². The molecule has 0 radical (unpaired) electrons. The predicted molar refractivity (Wildman–Crippen MR) is 220 cm³/mol. The Balaban J connectivity index is 1.20. The van der Waals surface area contributed by atoms with Gasteiger partial charge in [-0.15, -0.1) is 0 Å². The van der Waals surface area contributed by atoms with E-state index in [1.54, 1.807) is 0 Å². The van der Waals surface area contributed by atoms with Crippen LogP contribution in [0.25, 0.3) is 76.9 Å². The number of furan rings is 1. The average molecular weight is 664 g/mol. The van der Waals surface area contributed by atoms with Crippen LogP contribution in [0.1, 0.15) is 0 Å². The van der Waals surface area contributed by atoms with Crippen LogP contribution in [-0.4, -0.2) is 0 Å². The third-order valence-electron chi connectivity index (χ3n) is 10.3. The van der Waals surface area contributed by atoms with Crippen molar-refractivity contribution in [1.29, 1.82) is 0 Å². The van der Waals surface area contributed by atoms with E-state index in [1.165, 1.54) is 32.8 Å². The lowest BCUT2D eigenvalue weighted by Crippen LogP contribution is -2.12. The molecule has 0 aliphatic carbocycles. The van der Waals surface area contributed by atoms with Crippen LogP contribution >= 0.6 is 0 Å². The third kappa shape index (κ3) is 4.96. The smallest absolute Gasteiger partial charge is 0.143 e. The Morgan fingerprint density at radius 2 is 0.808 bits per heavy atom. The topological polar surface area (TPSA) is 16.4 Å². The lowest BCUT2D eigenvalue weighted by Gasteiger charge is -2.30. The molecule has 1 heterocycles. The first-order chi connectivity index (χ1) is 25.8. The summed E-state index contributed by atoms with van der Waals surface area (Å²) in [5.41, 5.74) is 11.9. The lowest BCUT2D eigenvalue weighted by molar-refractivity contribution is 0.674. The zero-order valence-corrected chi connectivity index (χ0v) is 28.4. The van der Waals surface area contributed by atoms with Gasteiger partial charge in [-0.1, -0.05) is 170 Å². The van der Waals surface area contributed by atoms with Gasteiger partial charge in [0, 0.05) is 38.5 Å². The molecule has 0 saturated heterocycles. The Morgan fingerprint density at radius 1 is 0.288 bits per heavy atom. The fourth-order valence-electron chi connectivity index (χ4n) is 7.84. The zero-order valence-electron chi connectivity index (χ0n) is 28.4. The summed E-state index contributed by atoms with van der Waals surface area (Å²) in [7, 11) is 0. The summed E-state index contributed by atoms with van der Waals surface area (Å²) in [5, 5.41) is 7.03. The molecule has 0 amide bonds. The molecular formula is C50H33NO. The van der Waals surface area contributed by atoms with Gasteiger partial charge in [0.25, 0.3) is 0 Å². The number of anilines is 3.